The molecule has 0 saturated heterocycles. The highest BCUT2D eigenvalue weighted by Crippen LogP contribution is 2.04. The van der Waals surface area contributed by atoms with Crippen molar-refractivity contribution in [2.75, 3.05) is 20.1 Å². The first-order valence-corrected chi connectivity index (χ1v) is 3.45. The molecule has 3 heteroatoms. The van der Waals surface area contributed by atoms with Gasteiger partial charge in [0, 0.05) is 25.7 Å². The normalized spacial score (nSPS) is 16.9. The first-order valence-electron chi connectivity index (χ1n) is 3.45. The second kappa shape index (κ2) is 3.37. The molecule has 1 heterocycles. The van der Waals surface area contributed by atoms with Crippen LogP contribution in [-0.2, 0) is 4.79 Å². The van der Waals surface area contributed by atoms with Gasteiger partial charge in [-0.2, -0.15) is 0 Å². The number of amides is 1. The summed E-state index contributed by atoms with van der Waals surface area (Å²) in [5, 5.41) is 2.99. The van der Waals surface area contributed by atoms with E-state index < -0.39 is 0 Å². The van der Waals surface area contributed by atoms with Crippen LogP contribution in [0, 0.1) is 0 Å². The molecular weight excluding hydrogens is 128 g/mol. The topological polar surface area (TPSA) is 32.3 Å². The number of nitrogens with one attached hydrogen (secondary N) is 1. The van der Waals surface area contributed by atoms with E-state index in [0.717, 1.165) is 13.1 Å². The van der Waals surface area contributed by atoms with Gasteiger partial charge in [0.15, 0.2) is 0 Å². The van der Waals surface area contributed by atoms with E-state index in [1.54, 1.807) is 4.90 Å². The Kier molecular flexibility index (Phi) is 2.45. The van der Waals surface area contributed by atoms with Gasteiger partial charge in [0.25, 0.3) is 0 Å². The number of rotatable bonds is 3. The fourth-order valence-electron chi connectivity index (χ4n) is 0.913. The van der Waals surface area contributed by atoms with Gasteiger partial charge in [-0.15, -0.1) is 0 Å². The molecule has 0 atom stereocenters. The molecule has 1 aliphatic rings. The van der Waals surface area contributed by atoms with Crippen LogP contribution in [0.3, 0.4) is 0 Å². The van der Waals surface area contributed by atoms with E-state index in [1.807, 2.05) is 19.3 Å². The lowest BCUT2D eigenvalue weighted by molar-refractivity contribution is -0.126. The Hall–Kier alpha value is -0.830. The van der Waals surface area contributed by atoms with E-state index in [-0.39, 0.29) is 5.91 Å². The molecule has 1 amide bonds. The number of nitrogens with zero attached hydrogens (tertiary/aromatic N) is 1. The van der Waals surface area contributed by atoms with Gasteiger partial charge in [-0.25, -0.2) is 0 Å². The molecule has 0 aromatic heterocycles. The van der Waals surface area contributed by atoms with Crippen LogP contribution in [0.2, 0.25) is 0 Å². The molecule has 10 heavy (non-hydrogen) atoms. The number of hydrogen-bond donors (Lipinski definition) is 1. The van der Waals surface area contributed by atoms with E-state index in [0.29, 0.717) is 6.42 Å². The molecule has 0 aromatic rings. The molecular formula is C7H12N2O. The number of hydrogen-bond acceptors (Lipinski definition) is 2. The molecule has 1 aliphatic heterocycles. The first kappa shape index (κ1) is 7.28. The van der Waals surface area contributed by atoms with Crippen molar-refractivity contribution >= 4 is 5.91 Å². The van der Waals surface area contributed by atoms with Gasteiger partial charge in [-0.05, 0) is 7.05 Å². The minimum atomic E-state index is 0.204. The third kappa shape index (κ3) is 1.57. The fourth-order valence-corrected chi connectivity index (χ4v) is 0.913. The van der Waals surface area contributed by atoms with E-state index in [1.165, 1.54) is 0 Å². The maximum Gasteiger partial charge on any atom is 0.230 e. The molecule has 0 radical (unpaired) electrons. The Morgan fingerprint density at radius 1 is 1.80 bits per heavy atom. The van der Waals surface area contributed by atoms with Crippen LogP contribution < -0.4 is 5.32 Å². The summed E-state index contributed by atoms with van der Waals surface area (Å²) >= 11 is 0. The summed E-state index contributed by atoms with van der Waals surface area (Å²) in [7, 11) is 1.88. The van der Waals surface area contributed by atoms with Crippen LogP contribution >= 0.6 is 0 Å². The van der Waals surface area contributed by atoms with Crippen molar-refractivity contribution in [1.82, 2.24) is 10.2 Å². The van der Waals surface area contributed by atoms with Crippen LogP contribution in [-0.4, -0.2) is 30.9 Å². The van der Waals surface area contributed by atoms with Crippen molar-refractivity contribution in [3.05, 3.63) is 12.3 Å². The Labute approximate surface area is 60.7 Å². The molecule has 0 aliphatic carbocycles. The van der Waals surface area contributed by atoms with Crippen LogP contribution in [0.1, 0.15) is 6.42 Å². The summed E-state index contributed by atoms with van der Waals surface area (Å²) in [5.74, 6) is 0.204. The Bertz CT molecular complexity index is 154. The molecule has 1 N–H and O–H groups in total. The third-order valence-electron chi connectivity index (χ3n) is 1.50. The lowest BCUT2D eigenvalue weighted by Crippen LogP contribution is -2.28. The van der Waals surface area contributed by atoms with Crippen LogP contribution in [0.25, 0.3) is 0 Å². The van der Waals surface area contributed by atoms with Crippen LogP contribution in [0.5, 0.6) is 0 Å². The van der Waals surface area contributed by atoms with Gasteiger partial charge in [-0.1, -0.05) is 6.08 Å². The minimum Gasteiger partial charge on any atom is -0.318 e. The molecule has 56 valence electrons. The van der Waals surface area contributed by atoms with Gasteiger partial charge in [-0.3, -0.25) is 4.79 Å². The van der Waals surface area contributed by atoms with Gasteiger partial charge in [0.1, 0.15) is 0 Å². The highest BCUT2D eigenvalue weighted by Gasteiger charge is 2.12. The highest BCUT2D eigenvalue weighted by atomic mass is 16.2. The van der Waals surface area contributed by atoms with Crippen molar-refractivity contribution in [2.24, 2.45) is 0 Å². The average molecular weight is 140 g/mol. The third-order valence-corrected chi connectivity index (χ3v) is 1.50. The van der Waals surface area contributed by atoms with Crippen molar-refractivity contribution in [2.45, 2.75) is 6.42 Å². The largest absolute Gasteiger partial charge is 0.318 e. The summed E-state index contributed by atoms with van der Waals surface area (Å²) in [6, 6.07) is 0. The molecule has 0 fully saturated rings. The van der Waals surface area contributed by atoms with Gasteiger partial charge in [0.2, 0.25) is 5.91 Å². The van der Waals surface area contributed by atoms with Gasteiger partial charge >= 0.3 is 0 Å². The van der Waals surface area contributed by atoms with Crippen molar-refractivity contribution in [3.8, 4) is 0 Å². The van der Waals surface area contributed by atoms with Gasteiger partial charge in [0.05, 0.1) is 0 Å². The zero-order chi connectivity index (χ0) is 7.40. The summed E-state index contributed by atoms with van der Waals surface area (Å²) in [6.45, 7) is 1.64. The van der Waals surface area contributed by atoms with Crippen molar-refractivity contribution in [3.63, 3.8) is 0 Å². The predicted molar refractivity (Wildman–Crippen MR) is 39.4 cm³/mol. The van der Waals surface area contributed by atoms with E-state index in [4.69, 9.17) is 0 Å². The summed E-state index contributed by atoms with van der Waals surface area (Å²) in [4.78, 5) is 12.6. The average Bonchev–Trinajstić information content (AvgIpc) is 2.31. The summed E-state index contributed by atoms with van der Waals surface area (Å²) < 4.78 is 0. The zero-order valence-corrected chi connectivity index (χ0v) is 6.13. The molecule has 0 spiro atoms. The first-order chi connectivity index (χ1) is 4.84. The van der Waals surface area contributed by atoms with E-state index >= 15 is 0 Å². The standard InChI is InChI=1S/C7H12N2O/c1-8-4-6-9-5-2-3-7(9)10/h2,5,8H,3-4,6H2,1H3. The zero-order valence-electron chi connectivity index (χ0n) is 6.13. The maximum atomic E-state index is 10.9. The number of likely N-dealkylation sites (N-methyl/N-ethyl adjacent to an activating group) is 1. The lowest BCUT2D eigenvalue weighted by atomic mass is 10.4. The number of carbonyl (C=O) groups is 1. The van der Waals surface area contributed by atoms with Crippen molar-refractivity contribution in [1.29, 1.82) is 0 Å². The molecule has 0 bridgehead atoms. The van der Waals surface area contributed by atoms with Crippen LogP contribution in [0.15, 0.2) is 12.3 Å². The molecule has 3 nitrogen and oxygen atoms in total. The molecule has 1 rings (SSSR count). The fraction of sp³-hybridized carbons (Fsp3) is 0.571. The maximum absolute atomic E-state index is 10.9. The second-order valence-electron chi connectivity index (χ2n) is 2.28. The van der Waals surface area contributed by atoms with Crippen LogP contribution in [0.4, 0.5) is 0 Å². The SMILES string of the molecule is CNCCN1C=CCC1=O. The Morgan fingerprint density at radius 3 is 3.10 bits per heavy atom. The quantitative estimate of drug-likeness (QED) is 0.596. The second-order valence-corrected chi connectivity index (χ2v) is 2.28. The predicted octanol–water partition coefficient (Wildman–Crippen LogP) is -0.0482. The summed E-state index contributed by atoms with van der Waals surface area (Å²) in [6.07, 6.45) is 4.31. The lowest BCUT2D eigenvalue weighted by Gasteiger charge is -2.11. The molecule has 0 unspecified atom stereocenters. The summed E-state index contributed by atoms with van der Waals surface area (Å²) in [5.41, 5.74) is 0. The minimum absolute atomic E-state index is 0.204. The Morgan fingerprint density at radius 2 is 2.60 bits per heavy atom. The monoisotopic (exact) mass is 140 g/mol. The number of carbonyl (C=O) groups excluding carboxylic acids is 1. The van der Waals surface area contributed by atoms with Crippen molar-refractivity contribution < 1.29 is 4.79 Å². The highest BCUT2D eigenvalue weighted by molar-refractivity contribution is 5.81. The smallest absolute Gasteiger partial charge is 0.230 e. The van der Waals surface area contributed by atoms with Gasteiger partial charge < -0.3 is 10.2 Å². The molecule has 0 saturated carbocycles. The van der Waals surface area contributed by atoms with E-state index in [2.05, 4.69) is 5.32 Å². The molecule has 0 aromatic carbocycles. The van der Waals surface area contributed by atoms with E-state index in [9.17, 15) is 4.79 Å². The Balaban J connectivity index is 2.27.